The fraction of sp³-hybridized carbons (Fsp3) is 0. The molecule has 2 aromatic rings. The highest BCUT2D eigenvalue weighted by atomic mass is 16.1. The second-order valence-corrected chi connectivity index (χ2v) is 2.15. The zero-order chi connectivity index (χ0) is 8.55. The van der Waals surface area contributed by atoms with Crippen molar-refractivity contribution in [2.75, 3.05) is 0 Å². The highest BCUT2D eigenvalue weighted by Gasteiger charge is 2.00. The van der Waals surface area contributed by atoms with E-state index >= 15 is 0 Å². The van der Waals surface area contributed by atoms with Gasteiger partial charge in [-0.1, -0.05) is 0 Å². The van der Waals surface area contributed by atoms with Crippen LogP contribution in [0.2, 0.25) is 0 Å². The molecule has 2 rings (SSSR count). The van der Waals surface area contributed by atoms with E-state index in [1.807, 2.05) is 6.07 Å². The van der Waals surface area contributed by atoms with Crippen molar-refractivity contribution in [1.29, 1.82) is 5.26 Å². The number of H-pyrrole nitrogens is 1. The molecule has 0 aliphatic carbocycles. The molecule has 0 aliphatic rings. The molecule has 0 amide bonds. The van der Waals surface area contributed by atoms with Crippen LogP contribution in [0, 0.1) is 11.3 Å². The maximum Gasteiger partial charge on any atom is 0.349 e. The summed E-state index contributed by atoms with van der Waals surface area (Å²) in [5.41, 5.74) is -0.0689. The fourth-order valence-corrected chi connectivity index (χ4v) is 0.861. The molecule has 0 aromatic carbocycles. The Kier molecular flexibility index (Phi) is 1.18. The molecule has 0 saturated heterocycles. The second-order valence-electron chi connectivity index (χ2n) is 2.15. The molecule has 2 heterocycles. The van der Waals surface area contributed by atoms with Crippen LogP contribution in [0.25, 0.3) is 5.78 Å². The highest BCUT2D eigenvalue weighted by molar-refractivity contribution is 5.31. The van der Waals surface area contributed by atoms with E-state index in [1.165, 1.54) is 16.8 Å². The molecule has 58 valence electrons. The summed E-state index contributed by atoms with van der Waals surface area (Å²) < 4.78 is 1.18. The van der Waals surface area contributed by atoms with Crippen molar-refractivity contribution in [2.24, 2.45) is 0 Å². The number of nitrogens with one attached hydrogen (secondary N) is 1. The lowest BCUT2D eigenvalue weighted by Gasteiger charge is -1.88. The van der Waals surface area contributed by atoms with Gasteiger partial charge >= 0.3 is 5.69 Å². The lowest BCUT2D eigenvalue weighted by molar-refractivity contribution is 1.02. The lowest BCUT2D eigenvalue weighted by atomic mass is 10.4. The summed E-state index contributed by atoms with van der Waals surface area (Å²) in [6.45, 7) is 0. The summed E-state index contributed by atoms with van der Waals surface area (Å²) in [6.07, 6.45) is 2.74. The van der Waals surface area contributed by atoms with Crippen LogP contribution < -0.4 is 5.69 Å². The minimum atomic E-state index is -0.394. The maximum atomic E-state index is 10.9. The summed E-state index contributed by atoms with van der Waals surface area (Å²) >= 11 is 0. The minimum absolute atomic E-state index is 0.263. The number of hydrogen-bond donors (Lipinski definition) is 1. The third-order valence-corrected chi connectivity index (χ3v) is 1.40. The van der Waals surface area contributed by atoms with Gasteiger partial charge in [-0.2, -0.15) is 5.26 Å². The average molecular weight is 161 g/mol. The monoisotopic (exact) mass is 161 g/mol. The first kappa shape index (κ1) is 6.54. The van der Waals surface area contributed by atoms with Crippen LogP contribution in [-0.2, 0) is 0 Å². The molecule has 0 atom stereocenters. The zero-order valence-corrected chi connectivity index (χ0v) is 5.85. The van der Waals surface area contributed by atoms with Gasteiger partial charge in [-0.15, -0.1) is 5.10 Å². The Balaban J connectivity index is 2.91. The third kappa shape index (κ3) is 0.769. The van der Waals surface area contributed by atoms with Gasteiger partial charge in [0.2, 0.25) is 0 Å². The van der Waals surface area contributed by atoms with Gasteiger partial charge in [-0.25, -0.2) is 19.3 Å². The number of nitrogens with zero attached hydrogens (tertiary/aromatic N) is 4. The number of rotatable bonds is 0. The first-order valence-corrected chi connectivity index (χ1v) is 3.14. The Morgan fingerprint density at radius 3 is 3.25 bits per heavy atom. The Bertz CT molecular complexity index is 516. The van der Waals surface area contributed by atoms with Crippen molar-refractivity contribution in [3.63, 3.8) is 0 Å². The number of aromatic amines is 1. The molecule has 2 aromatic heterocycles. The first-order chi connectivity index (χ1) is 5.81. The molecule has 0 fully saturated rings. The predicted octanol–water partition coefficient (Wildman–Crippen LogP) is -0.711. The molecular weight excluding hydrogens is 158 g/mol. The van der Waals surface area contributed by atoms with Crippen molar-refractivity contribution in [3.8, 4) is 6.07 Å². The summed E-state index contributed by atoms with van der Waals surface area (Å²) in [5.74, 6) is 0.263. The van der Waals surface area contributed by atoms with E-state index in [0.717, 1.165) is 0 Å². The zero-order valence-electron chi connectivity index (χ0n) is 5.85. The van der Waals surface area contributed by atoms with Gasteiger partial charge in [-0.3, -0.25) is 0 Å². The number of fused-ring (bicyclic) bond motifs is 1. The number of aromatic nitrogens is 4. The highest BCUT2D eigenvalue weighted by Crippen LogP contribution is 1.94. The van der Waals surface area contributed by atoms with Crippen molar-refractivity contribution in [2.45, 2.75) is 0 Å². The van der Waals surface area contributed by atoms with E-state index < -0.39 is 5.69 Å². The largest absolute Gasteiger partial charge is 0.349 e. The van der Waals surface area contributed by atoms with E-state index in [-0.39, 0.29) is 5.78 Å². The quantitative estimate of drug-likeness (QED) is 0.552. The Morgan fingerprint density at radius 1 is 1.67 bits per heavy atom. The smallest absolute Gasteiger partial charge is 0.246 e. The second kappa shape index (κ2) is 2.17. The van der Waals surface area contributed by atoms with Crippen LogP contribution in [0.15, 0.2) is 17.2 Å². The van der Waals surface area contributed by atoms with Crippen LogP contribution in [0.1, 0.15) is 5.56 Å². The van der Waals surface area contributed by atoms with Gasteiger partial charge in [0.05, 0.1) is 11.8 Å². The van der Waals surface area contributed by atoms with Crippen molar-refractivity contribution in [1.82, 2.24) is 19.6 Å². The summed E-state index contributed by atoms with van der Waals surface area (Å²) in [5, 5.41) is 14.3. The molecule has 0 saturated carbocycles. The first-order valence-electron chi connectivity index (χ1n) is 3.14. The van der Waals surface area contributed by atoms with Crippen molar-refractivity contribution in [3.05, 3.63) is 28.4 Å². The van der Waals surface area contributed by atoms with E-state index in [2.05, 4.69) is 15.2 Å². The maximum absolute atomic E-state index is 10.9. The summed E-state index contributed by atoms with van der Waals surface area (Å²) in [6, 6.07) is 1.87. The molecule has 0 spiro atoms. The molecule has 0 unspecified atom stereocenters. The molecule has 1 N–H and O–H groups in total. The van der Waals surface area contributed by atoms with Crippen molar-refractivity contribution >= 4 is 5.78 Å². The number of hydrogen-bond acceptors (Lipinski definition) is 4. The van der Waals surface area contributed by atoms with E-state index in [4.69, 9.17) is 5.26 Å². The molecule has 6 nitrogen and oxygen atoms in total. The van der Waals surface area contributed by atoms with Crippen molar-refractivity contribution < 1.29 is 0 Å². The summed E-state index contributed by atoms with van der Waals surface area (Å²) in [7, 11) is 0. The van der Waals surface area contributed by atoms with Crippen LogP contribution in [0.4, 0.5) is 0 Å². The lowest BCUT2D eigenvalue weighted by Crippen LogP contribution is -2.09. The van der Waals surface area contributed by atoms with Gasteiger partial charge in [0.25, 0.3) is 5.78 Å². The molecule has 0 radical (unpaired) electrons. The van der Waals surface area contributed by atoms with Crippen LogP contribution in [0.3, 0.4) is 0 Å². The summed E-state index contributed by atoms with van der Waals surface area (Å²) in [4.78, 5) is 14.7. The standard InChI is InChI=1S/C6H3N5O/c7-1-4-2-8-5-9-10-6(12)11(5)3-4/h2-3H,(H,10,12). The van der Waals surface area contributed by atoms with Gasteiger partial charge in [0.1, 0.15) is 6.07 Å². The molecule has 0 aliphatic heterocycles. The Hall–Kier alpha value is -2.16. The van der Waals surface area contributed by atoms with Crippen LogP contribution >= 0.6 is 0 Å². The van der Waals surface area contributed by atoms with Gasteiger partial charge in [0, 0.05) is 6.20 Å². The van der Waals surface area contributed by atoms with Crippen LogP contribution in [-0.4, -0.2) is 19.6 Å². The molecular formula is C6H3N5O. The Labute approximate surface area is 66.1 Å². The van der Waals surface area contributed by atoms with Gasteiger partial charge in [-0.05, 0) is 0 Å². The SMILES string of the molecule is N#Cc1cnc2n[nH]c(=O)n2c1. The minimum Gasteiger partial charge on any atom is -0.246 e. The molecule has 12 heavy (non-hydrogen) atoms. The van der Waals surface area contributed by atoms with E-state index in [9.17, 15) is 4.79 Å². The molecule has 0 bridgehead atoms. The topological polar surface area (TPSA) is 86.8 Å². The number of nitriles is 1. The average Bonchev–Trinajstić information content (AvgIpc) is 2.47. The third-order valence-electron chi connectivity index (χ3n) is 1.40. The van der Waals surface area contributed by atoms with Gasteiger partial charge < -0.3 is 0 Å². The van der Waals surface area contributed by atoms with E-state index in [1.54, 1.807) is 0 Å². The molecule has 6 heteroatoms. The normalized spacial score (nSPS) is 9.92. The Morgan fingerprint density at radius 2 is 2.50 bits per heavy atom. The fourth-order valence-electron chi connectivity index (χ4n) is 0.861. The van der Waals surface area contributed by atoms with Crippen LogP contribution in [0.5, 0.6) is 0 Å². The van der Waals surface area contributed by atoms with E-state index in [0.29, 0.717) is 5.56 Å². The predicted molar refractivity (Wildman–Crippen MR) is 38.3 cm³/mol. The van der Waals surface area contributed by atoms with Gasteiger partial charge in [0.15, 0.2) is 0 Å².